The van der Waals surface area contributed by atoms with E-state index in [1.54, 1.807) is 6.92 Å². The van der Waals surface area contributed by atoms with E-state index in [1.807, 2.05) is 23.1 Å². The maximum absolute atomic E-state index is 11.5. The Bertz CT molecular complexity index is 364. The first kappa shape index (κ1) is 9.71. The monoisotopic (exact) mass is 253 g/mol. The molecular formula is C11H12BrNO. The first-order chi connectivity index (χ1) is 6.70. The predicted molar refractivity (Wildman–Crippen MR) is 60.6 cm³/mol. The zero-order valence-corrected chi connectivity index (χ0v) is 9.62. The highest BCUT2D eigenvalue weighted by Crippen LogP contribution is 2.32. The fraction of sp³-hybridized carbons (Fsp3) is 0.364. The van der Waals surface area contributed by atoms with Crippen LogP contribution in [-0.4, -0.2) is 10.9 Å². The maximum atomic E-state index is 11.5. The predicted octanol–water partition coefficient (Wildman–Crippen LogP) is 2.71. The molecule has 0 spiro atoms. The Morgan fingerprint density at radius 1 is 1.50 bits per heavy atom. The molecule has 1 atom stereocenters. The quantitative estimate of drug-likeness (QED) is 0.515. The van der Waals surface area contributed by atoms with Gasteiger partial charge in [-0.3, -0.25) is 9.69 Å². The summed E-state index contributed by atoms with van der Waals surface area (Å²) in [5, 5.41) is 0. The number of aryl methyl sites for hydroxylation is 1. The van der Waals surface area contributed by atoms with Gasteiger partial charge in [0.15, 0.2) is 0 Å². The molecule has 0 saturated heterocycles. The third kappa shape index (κ3) is 1.57. The Morgan fingerprint density at radius 3 is 2.93 bits per heavy atom. The normalized spacial score (nSPS) is 20.4. The Labute approximate surface area is 92.0 Å². The van der Waals surface area contributed by atoms with E-state index in [1.165, 1.54) is 5.56 Å². The SMILES string of the molecule is CC(=O)N1c2ccccc2CCC1Br. The molecule has 0 N–H and O–H groups in total. The van der Waals surface area contributed by atoms with Gasteiger partial charge in [-0.1, -0.05) is 34.1 Å². The lowest BCUT2D eigenvalue weighted by atomic mass is 10.0. The summed E-state index contributed by atoms with van der Waals surface area (Å²) in [5.41, 5.74) is 2.31. The van der Waals surface area contributed by atoms with Gasteiger partial charge in [0, 0.05) is 12.6 Å². The molecule has 0 bridgehead atoms. The van der Waals surface area contributed by atoms with Crippen molar-refractivity contribution in [2.24, 2.45) is 0 Å². The summed E-state index contributed by atoms with van der Waals surface area (Å²) in [6.07, 6.45) is 2.02. The molecule has 1 aliphatic rings. The molecule has 1 heterocycles. The van der Waals surface area contributed by atoms with Crippen LogP contribution in [0.1, 0.15) is 18.9 Å². The summed E-state index contributed by atoms with van der Waals surface area (Å²) in [5.74, 6) is 0.0963. The van der Waals surface area contributed by atoms with Crippen LogP contribution in [0.3, 0.4) is 0 Å². The molecule has 0 fully saturated rings. The van der Waals surface area contributed by atoms with Crippen molar-refractivity contribution in [1.29, 1.82) is 0 Å². The van der Waals surface area contributed by atoms with Crippen LogP contribution in [0.25, 0.3) is 0 Å². The summed E-state index contributed by atoms with van der Waals surface area (Å²) >= 11 is 3.53. The van der Waals surface area contributed by atoms with Gasteiger partial charge in [0.05, 0.1) is 4.95 Å². The number of hydrogen-bond acceptors (Lipinski definition) is 1. The molecule has 0 saturated carbocycles. The second-order valence-corrected chi connectivity index (χ2v) is 4.55. The number of carbonyl (C=O) groups excluding carboxylic acids is 1. The Hall–Kier alpha value is -0.830. The summed E-state index contributed by atoms with van der Waals surface area (Å²) in [6, 6.07) is 8.08. The number of para-hydroxylation sites is 1. The number of anilines is 1. The minimum Gasteiger partial charge on any atom is -0.299 e. The van der Waals surface area contributed by atoms with Crippen LogP contribution >= 0.6 is 15.9 Å². The fourth-order valence-corrected chi connectivity index (χ4v) is 2.62. The molecule has 1 amide bonds. The molecule has 0 aromatic heterocycles. The van der Waals surface area contributed by atoms with Crippen molar-refractivity contribution >= 4 is 27.5 Å². The van der Waals surface area contributed by atoms with Gasteiger partial charge in [-0.15, -0.1) is 0 Å². The Balaban J connectivity index is 2.46. The standard InChI is InChI=1S/C11H12BrNO/c1-8(14)13-10-5-3-2-4-9(10)6-7-11(13)12/h2-5,11H,6-7H2,1H3. The van der Waals surface area contributed by atoms with Crippen LogP contribution in [0.4, 0.5) is 5.69 Å². The van der Waals surface area contributed by atoms with Crippen molar-refractivity contribution < 1.29 is 4.79 Å². The molecule has 74 valence electrons. The van der Waals surface area contributed by atoms with Crippen molar-refractivity contribution in [3.05, 3.63) is 29.8 Å². The van der Waals surface area contributed by atoms with Gasteiger partial charge in [-0.05, 0) is 24.5 Å². The van der Waals surface area contributed by atoms with Crippen LogP contribution in [0.15, 0.2) is 24.3 Å². The van der Waals surface area contributed by atoms with Gasteiger partial charge in [-0.25, -0.2) is 0 Å². The van der Waals surface area contributed by atoms with Gasteiger partial charge < -0.3 is 0 Å². The Kier molecular flexibility index (Phi) is 2.59. The van der Waals surface area contributed by atoms with Crippen molar-refractivity contribution in [3.8, 4) is 0 Å². The van der Waals surface area contributed by atoms with E-state index in [-0.39, 0.29) is 10.9 Å². The number of halogens is 1. The summed E-state index contributed by atoms with van der Waals surface area (Å²) in [7, 11) is 0. The van der Waals surface area contributed by atoms with Crippen LogP contribution in [0.5, 0.6) is 0 Å². The number of alkyl halides is 1. The molecule has 2 nitrogen and oxygen atoms in total. The third-order valence-corrected chi connectivity index (χ3v) is 3.39. The first-order valence-electron chi connectivity index (χ1n) is 4.72. The summed E-state index contributed by atoms with van der Waals surface area (Å²) in [6.45, 7) is 1.61. The first-order valence-corrected chi connectivity index (χ1v) is 5.63. The molecule has 1 aromatic carbocycles. The molecule has 14 heavy (non-hydrogen) atoms. The zero-order valence-electron chi connectivity index (χ0n) is 8.03. The number of rotatable bonds is 0. The van der Waals surface area contributed by atoms with Crippen LogP contribution in [0.2, 0.25) is 0 Å². The van der Waals surface area contributed by atoms with E-state index in [9.17, 15) is 4.79 Å². The van der Waals surface area contributed by atoms with E-state index < -0.39 is 0 Å². The molecule has 1 unspecified atom stereocenters. The van der Waals surface area contributed by atoms with Gasteiger partial charge in [0.2, 0.25) is 5.91 Å². The van der Waals surface area contributed by atoms with Crippen LogP contribution in [-0.2, 0) is 11.2 Å². The lowest BCUT2D eigenvalue weighted by Gasteiger charge is -2.33. The van der Waals surface area contributed by atoms with Crippen molar-refractivity contribution in [2.75, 3.05) is 4.90 Å². The minimum atomic E-state index is 0.0963. The maximum Gasteiger partial charge on any atom is 0.224 e. The van der Waals surface area contributed by atoms with Gasteiger partial charge in [0.25, 0.3) is 0 Å². The smallest absolute Gasteiger partial charge is 0.224 e. The van der Waals surface area contributed by atoms with Gasteiger partial charge >= 0.3 is 0 Å². The van der Waals surface area contributed by atoms with Crippen LogP contribution < -0.4 is 4.90 Å². The molecular weight excluding hydrogens is 242 g/mol. The van der Waals surface area contributed by atoms with Crippen LogP contribution in [0, 0.1) is 0 Å². The number of fused-ring (bicyclic) bond motifs is 1. The third-order valence-electron chi connectivity index (χ3n) is 2.52. The average molecular weight is 254 g/mol. The molecule has 0 radical (unpaired) electrons. The highest BCUT2D eigenvalue weighted by Gasteiger charge is 2.26. The highest BCUT2D eigenvalue weighted by molar-refractivity contribution is 9.09. The number of amides is 1. The summed E-state index contributed by atoms with van der Waals surface area (Å²) < 4.78 is 0. The number of nitrogens with zero attached hydrogens (tertiary/aromatic N) is 1. The molecule has 0 aliphatic carbocycles. The zero-order chi connectivity index (χ0) is 10.1. The fourth-order valence-electron chi connectivity index (χ4n) is 1.88. The molecule has 3 heteroatoms. The van der Waals surface area contributed by atoms with Gasteiger partial charge in [-0.2, -0.15) is 0 Å². The molecule has 1 aromatic rings. The number of benzene rings is 1. The number of carbonyl (C=O) groups is 1. The Morgan fingerprint density at radius 2 is 2.21 bits per heavy atom. The van der Waals surface area contributed by atoms with Crippen molar-refractivity contribution in [3.63, 3.8) is 0 Å². The number of hydrogen-bond donors (Lipinski definition) is 0. The molecule has 1 aliphatic heterocycles. The second-order valence-electron chi connectivity index (χ2n) is 3.49. The van der Waals surface area contributed by atoms with Crippen molar-refractivity contribution in [1.82, 2.24) is 0 Å². The van der Waals surface area contributed by atoms with E-state index in [2.05, 4.69) is 22.0 Å². The average Bonchev–Trinajstić information content (AvgIpc) is 2.17. The minimum absolute atomic E-state index is 0.0963. The highest BCUT2D eigenvalue weighted by atomic mass is 79.9. The van der Waals surface area contributed by atoms with E-state index in [4.69, 9.17) is 0 Å². The summed E-state index contributed by atoms with van der Waals surface area (Å²) in [4.78, 5) is 13.4. The topological polar surface area (TPSA) is 20.3 Å². The lowest BCUT2D eigenvalue weighted by Crippen LogP contribution is -2.38. The molecule has 2 rings (SSSR count). The van der Waals surface area contributed by atoms with Crippen molar-refractivity contribution in [2.45, 2.75) is 24.7 Å². The van der Waals surface area contributed by atoms with E-state index in [0.717, 1.165) is 18.5 Å². The van der Waals surface area contributed by atoms with E-state index >= 15 is 0 Å². The lowest BCUT2D eigenvalue weighted by molar-refractivity contribution is -0.116. The largest absolute Gasteiger partial charge is 0.299 e. The van der Waals surface area contributed by atoms with E-state index in [0.29, 0.717) is 0 Å². The van der Waals surface area contributed by atoms with Gasteiger partial charge in [0.1, 0.15) is 0 Å². The second kappa shape index (κ2) is 3.73.